The summed E-state index contributed by atoms with van der Waals surface area (Å²) in [6.45, 7) is 11.2. The van der Waals surface area contributed by atoms with Crippen molar-refractivity contribution < 1.29 is 28.7 Å². The van der Waals surface area contributed by atoms with Crippen molar-refractivity contribution in [3.63, 3.8) is 0 Å². The van der Waals surface area contributed by atoms with E-state index < -0.39 is 22.8 Å². The number of amides is 2. The largest absolute Gasteiger partial charge is 0.469 e. The van der Waals surface area contributed by atoms with Crippen LogP contribution in [0, 0.1) is 10.8 Å². The standard InChI is InChI=1S/C36H44N2O6/c1-9-25-15-11-13-17-29(25)37(23-35(3,4)33(41)43-7)31(39)27-19-21-28(22-20-27)32(40)38(24-36(5,6)34(42)44-8)30-18-14-12-16-26(30)10-2/h11-22H,9-10,23-24H2,1-8H3. The van der Waals surface area contributed by atoms with Gasteiger partial charge >= 0.3 is 11.9 Å². The van der Waals surface area contributed by atoms with Crippen molar-refractivity contribution >= 4 is 35.1 Å². The quantitative estimate of drug-likeness (QED) is 0.220. The van der Waals surface area contributed by atoms with Crippen LogP contribution in [0.5, 0.6) is 0 Å². The summed E-state index contributed by atoms with van der Waals surface area (Å²) in [5.41, 5.74) is 2.14. The summed E-state index contributed by atoms with van der Waals surface area (Å²) in [5.74, 6) is -1.45. The monoisotopic (exact) mass is 600 g/mol. The van der Waals surface area contributed by atoms with Crippen molar-refractivity contribution in [1.82, 2.24) is 0 Å². The molecule has 0 aliphatic heterocycles. The topological polar surface area (TPSA) is 93.2 Å². The molecule has 234 valence electrons. The Morgan fingerprint density at radius 1 is 0.568 bits per heavy atom. The number of ether oxygens (including phenoxy) is 2. The maximum absolute atomic E-state index is 14.0. The fourth-order valence-corrected chi connectivity index (χ4v) is 5.22. The van der Waals surface area contributed by atoms with Crippen LogP contribution in [0.3, 0.4) is 0 Å². The van der Waals surface area contributed by atoms with E-state index in [0.29, 0.717) is 35.3 Å². The van der Waals surface area contributed by atoms with Crippen molar-refractivity contribution in [2.75, 3.05) is 37.1 Å². The summed E-state index contributed by atoms with van der Waals surface area (Å²) < 4.78 is 10.0. The highest BCUT2D eigenvalue weighted by molar-refractivity contribution is 6.10. The van der Waals surface area contributed by atoms with Crippen LogP contribution in [0.1, 0.15) is 73.4 Å². The molecule has 0 saturated heterocycles. The maximum atomic E-state index is 14.0. The van der Waals surface area contributed by atoms with Gasteiger partial charge in [0.15, 0.2) is 0 Å². The van der Waals surface area contributed by atoms with Gasteiger partial charge in [0.05, 0.1) is 25.0 Å². The van der Waals surface area contributed by atoms with Gasteiger partial charge in [0.1, 0.15) is 0 Å². The van der Waals surface area contributed by atoms with Crippen molar-refractivity contribution in [3.8, 4) is 0 Å². The van der Waals surface area contributed by atoms with Crippen molar-refractivity contribution in [3.05, 3.63) is 95.1 Å². The molecule has 2 amide bonds. The van der Waals surface area contributed by atoms with E-state index in [9.17, 15) is 19.2 Å². The second-order valence-corrected chi connectivity index (χ2v) is 12.1. The molecule has 3 aromatic rings. The Hall–Kier alpha value is -4.46. The number of carbonyl (C=O) groups excluding carboxylic acids is 4. The van der Waals surface area contributed by atoms with Gasteiger partial charge in [-0.3, -0.25) is 19.2 Å². The Labute approximate surface area is 261 Å². The molecule has 0 aliphatic carbocycles. The Kier molecular flexibility index (Phi) is 11.1. The molecule has 44 heavy (non-hydrogen) atoms. The van der Waals surface area contributed by atoms with E-state index in [1.165, 1.54) is 14.2 Å². The average molecular weight is 601 g/mol. The second kappa shape index (κ2) is 14.3. The molecule has 0 heterocycles. The van der Waals surface area contributed by atoms with E-state index in [-0.39, 0.29) is 24.9 Å². The number of aryl methyl sites for hydroxylation is 2. The van der Waals surface area contributed by atoms with Gasteiger partial charge in [0, 0.05) is 35.6 Å². The molecule has 3 rings (SSSR count). The summed E-state index contributed by atoms with van der Waals surface area (Å²) in [7, 11) is 2.67. The molecule has 0 aliphatic rings. The third kappa shape index (κ3) is 7.54. The molecule has 0 spiro atoms. The van der Waals surface area contributed by atoms with E-state index in [0.717, 1.165) is 11.1 Å². The first-order chi connectivity index (χ1) is 20.8. The highest BCUT2D eigenvalue weighted by atomic mass is 16.5. The Morgan fingerprint density at radius 2 is 0.886 bits per heavy atom. The number of esters is 2. The second-order valence-electron chi connectivity index (χ2n) is 12.1. The van der Waals surface area contributed by atoms with Crippen LogP contribution in [0.15, 0.2) is 72.8 Å². The SMILES string of the molecule is CCc1ccccc1N(CC(C)(C)C(=O)OC)C(=O)c1ccc(C(=O)N(CC(C)(C)C(=O)OC)c2ccccc2CC)cc1. The number of hydrogen-bond acceptors (Lipinski definition) is 6. The number of hydrogen-bond donors (Lipinski definition) is 0. The zero-order valence-electron chi connectivity index (χ0n) is 27.1. The van der Waals surface area contributed by atoms with E-state index in [4.69, 9.17) is 9.47 Å². The first-order valence-electron chi connectivity index (χ1n) is 14.9. The summed E-state index contributed by atoms with van der Waals surface area (Å²) >= 11 is 0. The molecular weight excluding hydrogens is 556 g/mol. The smallest absolute Gasteiger partial charge is 0.313 e. The number of anilines is 2. The first kappa shape index (κ1) is 34.0. The van der Waals surface area contributed by atoms with Crippen LogP contribution in [-0.4, -0.2) is 51.1 Å². The third-order valence-electron chi connectivity index (χ3n) is 7.78. The van der Waals surface area contributed by atoms with Crippen molar-refractivity contribution in [1.29, 1.82) is 0 Å². The maximum Gasteiger partial charge on any atom is 0.313 e. The lowest BCUT2D eigenvalue weighted by atomic mass is 9.91. The number of rotatable bonds is 12. The normalized spacial score (nSPS) is 11.5. The van der Waals surface area contributed by atoms with Crippen LogP contribution < -0.4 is 9.80 Å². The number of methoxy groups -OCH3 is 2. The highest BCUT2D eigenvalue weighted by Crippen LogP contribution is 2.31. The van der Waals surface area contributed by atoms with Gasteiger partial charge in [0.25, 0.3) is 11.8 Å². The van der Waals surface area contributed by atoms with Gasteiger partial charge in [-0.1, -0.05) is 50.2 Å². The molecule has 0 saturated carbocycles. The molecule has 0 atom stereocenters. The summed E-state index contributed by atoms with van der Waals surface area (Å²) in [4.78, 5) is 56.5. The van der Waals surface area contributed by atoms with Gasteiger partial charge in [-0.25, -0.2) is 0 Å². The van der Waals surface area contributed by atoms with E-state index in [1.807, 2.05) is 62.4 Å². The van der Waals surface area contributed by atoms with Gasteiger partial charge in [0.2, 0.25) is 0 Å². The lowest BCUT2D eigenvalue weighted by Gasteiger charge is -2.33. The Balaban J connectivity index is 2.03. The van der Waals surface area contributed by atoms with Crippen molar-refractivity contribution in [2.45, 2.75) is 54.4 Å². The summed E-state index contributed by atoms with van der Waals surface area (Å²) in [6, 6.07) is 21.7. The van der Waals surface area contributed by atoms with Gasteiger partial charge in [-0.2, -0.15) is 0 Å². The zero-order chi connectivity index (χ0) is 32.7. The lowest BCUT2D eigenvalue weighted by Crippen LogP contribution is -2.44. The third-order valence-corrected chi connectivity index (χ3v) is 7.78. The first-order valence-corrected chi connectivity index (χ1v) is 14.9. The number of nitrogens with zero attached hydrogens (tertiary/aromatic N) is 2. The average Bonchev–Trinajstić information content (AvgIpc) is 3.04. The molecule has 0 radical (unpaired) electrons. The Morgan fingerprint density at radius 3 is 1.18 bits per heavy atom. The number of carbonyl (C=O) groups is 4. The Bertz CT molecular complexity index is 1380. The van der Waals surface area contributed by atoms with E-state index in [1.54, 1.807) is 61.8 Å². The minimum Gasteiger partial charge on any atom is -0.469 e. The molecule has 8 nitrogen and oxygen atoms in total. The minimum atomic E-state index is -0.971. The van der Waals surface area contributed by atoms with Crippen LogP contribution in [0.4, 0.5) is 11.4 Å². The van der Waals surface area contributed by atoms with Gasteiger partial charge < -0.3 is 19.3 Å². The molecule has 0 N–H and O–H groups in total. The molecule has 3 aromatic carbocycles. The van der Waals surface area contributed by atoms with Crippen LogP contribution >= 0.6 is 0 Å². The summed E-state index contributed by atoms with van der Waals surface area (Å²) in [6.07, 6.45) is 1.39. The number of para-hydroxylation sites is 2. The summed E-state index contributed by atoms with van der Waals surface area (Å²) in [5, 5.41) is 0. The van der Waals surface area contributed by atoms with Crippen LogP contribution in [0.2, 0.25) is 0 Å². The van der Waals surface area contributed by atoms with Gasteiger partial charge in [-0.05, 0) is 88.1 Å². The molecule has 8 heteroatoms. The molecule has 0 unspecified atom stereocenters. The van der Waals surface area contributed by atoms with E-state index in [2.05, 4.69) is 0 Å². The molecule has 0 bridgehead atoms. The fourth-order valence-electron chi connectivity index (χ4n) is 5.22. The minimum absolute atomic E-state index is 0.0976. The molecule has 0 aromatic heterocycles. The molecular formula is C36H44N2O6. The van der Waals surface area contributed by atoms with E-state index >= 15 is 0 Å². The lowest BCUT2D eigenvalue weighted by molar-refractivity contribution is -0.150. The number of benzene rings is 3. The van der Waals surface area contributed by atoms with Gasteiger partial charge in [-0.15, -0.1) is 0 Å². The predicted octanol–water partition coefficient (Wildman–Crippen LogP) is 6.50. The fraction of sp³-hybridized carbons (Fsp3) is 0.389. The highest BCUT2D eigenvalue weighted by Gasteiger charge is 2.36. The zero-order valence-corrected chi connectivity index (χ0v) is 27.1. The van der Waals surface area contributed by atoms with Crippen LogP contribution in [0.25, 0.3) is 0 Å². The van der Waals surface area contributed by atoms with Crippen molar-refractivity contribution in [2.24, 2.45) is 10.8 Å². The molecule has 0 fully saturated rings. The predicted molar refractivity (Wildman–Crippen MR) is 173 cm³/mol. The van der Waals surface area contributed by atoms with Crippen LogP contribution in [-0.2, 0) is 31.9 Å².